The summed E-state index contributed by atoms with van der Waals surface area (Å²) < 4.78 is 0. The second-order valence-corrected chi connectivity index (χ2v) is 5.39. The average Bonchev–Trinajstić information content (AvgIpc) is 2.38. The first-order chi connectivity index (χ1) is 7.98. The molecule has 1 unspecified atom stereocenters. The van der Waals surface area contributed by atoms with Crippen LogP contribution in [0.3, 0.4) is 0 Å². The van der Waals surface area contributed by atoms with Gasteiger partial charge in [-0.3, -0.25) is 0 Å². The second-order valence-electron chi connectivity index (χ2n) is 4.54. The molecule has 0 radical (unpaired) electrons. The van der Waals surface area contributed by atoms with E-state index in [1.165, 1.54) is 0 Å². The molecule has 3 N–H and O–H groups in total. The zero-order valence-corrected chi connectivity index (χ0v) is 11.2. The normalized spacial score (nSPS) is 24.4. The average molecular weight is 275 g/mol. The highest BCUT2D eigenvalue weighted by molar-refractivity contribution is 6.36. The highest BCUT2D eigenvalue weighted by Crippen LogP contribution is 2.42. The van der Waals surface area contributed by atoms with Crippen LogP contribution < -0.4 is 10.6 Å². The first-order valence-corrected chi connectivity index (χ1v) is 6.36. The third-order valence-electron chi connectivity index (χ3n) is 3.33. The van der Waals surface area contributed by atoms with Crippen molar-refractivity contribution in [2.75, 3.05) is 25.0 Å². The van der Waals surface area contributed by atoms with Crippen molar-refractivity contribution in [2.45, 2.75) is 18.4 Å². The molecular formula is C12H16Cl2N2O. The van der Waals surface area contributed by atoms with Gasteiger partial charge in [-0.15, -0.1) is 0 Å². The van der Waals surface area contributed by atoms with Gasteiger partial charge in [-0.1, -0.05) is 23.2 Å². The summed E-state index contributed by atoms with van der Waals surface area (Å²) in [6.45, 7) is 1.02. The summed E-state index contributed by atoms with van der Waals surface area (Å²) in [5.74, 6) is 0. The number of hydrogen-bond acceptors (Lipinski definition) is 3. The van der Waals surface area contributed by atoms with E-state index in [1.807, 2.05) is 11.9 Å². The first kappa shape index (κ1) is 13.0. The molecule has 1 heterocycles. The summed E-state index contributed by atoms with van der Waals surface area (Å²) in [4.78, 5) is 2.04. The van der Waals surface area contributed by atoms with Crippen LogP contribution in [0, 0.1) is 0 Å². The van der Waals surface area contributed by atoms with Crippen molar-refractivity contribution in [3.63, 3.8) is 0 Å². The number of hydrogen-bond donors (Lipinski definition) is 2. The van der Waals surface area contributed by atoms with E-state index in [4.69, 9.17) is 28.9 Å². The molecule has 2 rings (SSSR count). The smallest absolute Gasteiger partial charge is 0.104 e. The molecule has 5 heteroatoms. The minimum Gasteiger partial charge on any atom is -0.384 e. The fraction of sp³-hybridized carbons (Fsp3) is 0.500. The topological polar surface area (TPSA) is 49.5 Å². The highest BCUT2D eigenvalue weighted by atomic mass is 35.5. The van der Waals surface area contributed by atoms with Crippen LogP contribution in [0.2, 0.25) is 10.0 Å². The minimum absolute atomic E-state index is 0.171. The van der Waals surface area contributed by atoms with Gasteiger partial charge in [0.2, 0.25) is 0 Å². The number of fused-ring (bicyclic) bond motifs is 1. The second kappa shape index (κ2) is 4.65. The van der Waals surface area contributed by atoms with Gasteiger partial charge >= 0.3 is 0 Å². The van der Waals surface area contributed by atoms with Gasteiger partial charge in [0, 0.05) is 30.7 Å². The Bertz CT molecular complexity index is 439. The fourth-order valence-corrected chi connectivity index (χ4v) is 3.01. The Morgan fingerprint density at radius 1 is 1.47 bits per heavy atom. The predicted octanol–water partition coefficient (Wildman–Crippen LogP) is 2.37. The van der Waals surface area contributed by atoms with Crippen molar-refractivity contribution >= 4 is 28.9 Å². The lowest BCUT2D eigenvalue weighted by Gasteiger charge is -2.29. The van der Waals surface area contributed by atoms with E-state index in [0.29, 0.717) is 16.5 Å². The summed E-state index contributed by atoms with van der Waals surface area (Å²) in [5, 5.41) is 11.7. The van der Waals surface area contributed by atoms with Crippen molar-refractivity contribution in [1.82, 2.24) is 0 Å². The van der Waals surface area contributed by atoms with Crippen LogP contribution in [0.25, 0.3) is 0 Å². The van der Waals surface area contributed by atoms with E-state index < -0.39 is 5.60 Å². The molecule has 0 fully saturated rings. The summed E-state index contributed by atoms with van der Waals surface area (Å²) in [7, 11) is 1.96. The summed E-state index contributed by atoms with van der Waals surface area (Å²) in [6, 6.07) is 3.46. The zero-order valence-electron chi connectivity index (χ0n) is 9.71. The standard InChI is InChI=1S/C12H16Cl2N2O/c1-16-4-2-3-12(17,7-15)9-5-8(13)6-10(14)11(9)16/h5-6,17H,2-4,7,15H2,1H3. The molecule has 0 amide bonds. The summed E-state index contributed by atoms with van der Waals surface area (Å²) in [5.41, 5.74) is 6.25. The van der Waals surface area contributed by atoms with Gasteiger partial charge in [0.05, 0.1) is 10.7 Å². The lowest BCUT2D eigenvalue weighted by Crippen LogP contribution is -2.34. The van der Waals surface area contributed by atoms with Crippen LogP contribution in [0.15, 0.2) is 12.1 Å². The fourth-order valence-electron chi connectivity index (χ4n) is 2.38. The highest BCUT2D eigenvalue weighted by Gasteiger charge is 2.34. The Kier molecular flexibility index (Phi) is 3.55. The van der Waals surface area contributed by atoms with Gasteiger partial charge in [0.1, 0.15) is 5.60 Å². The lowest BCUT2D eigenvalue weighted by molar-refractivity contribution is 0.0379. The van der Waals surface area contributed by atoms with E-state index in [9.17, 15) is 5.11 Å². The molecule has 1 aliphatic rings. The molecule has 0 spiro atoms. The van der Waals surface area contributed by atoms with Crippen LogP contribution in [0.5, 0.6) is 0 Å². The first-order valence-electron chi connectivity index (χ1n) is 5.61. The molecule has 94 valence electrons. The van der Waals surface area contributed by atoms with Crippen LogP contribution in [-0.2, 0) is 5.60 Å². The van der Waals surface area contributed by atoms with E-state index in [-0.39, 0.29) is 6.54 Å². The maximum Gasteiger partial charge on any atom is 0.104 e. The Labute approximate surface area is 111 Å². The van der Waals surface area contributed by atoms with Crippen molar-refractivity contribution in [3.8, 4) is 0 Å². The lowest BCUT2D eigenvalue weighted by atomic mass is 9.89. The number of halogens is 2. The molecule has 17 heavy (non-hydrogen) atoms. The molecule has 0 aliphatic carbocycles. The third-order valence-corrected chi connectivity index (χ3v) is 3.84. The van der Waals surface area contributed by atoms with Crippen LogP contribution in [-0.4, -0.2) is 25.2 Å². The molecule has 0 saturated heterocycles. The van der Waals surface area contributed by atoms with Gasteiger partial charge in [0.25, 0.3) is 0 Å². The van der Waals surface area contributed by atoms with E-state index in [2.05, 4.69) is 0 Å². The molecule has 0 saturated carbocycles. The van der Waals surface area contributed by atoms with Gasteiger partial charge in [-0.2, -0.15) is 0 Å². The number of benzene rings is 1. The minimum atomic E-state index is -1.03. The van der Waals surface area contributed by atoms with Crippen molar-refractivity contribution < 1.29 is 5.11 Å². The Morgan fingerprint density at radius 2 is 2.18 bits per heavy atom. The number of rotatable bonds is 1. The number of nitrogens with two attached hydrogens (primary N) is 1. The van der Waals surface area contributed by atoms with Crippen LogP contribution >= 0.6 is 23.2 Å². The van der Waals surface area contributed by atoms with Gasteiger partial charge in [-0.05, 0) is 25.0 Å². The number of nitrogens with zero attached hydrogens (tertiary/aromatic N) is 1. The third kappa shape index (κ3) is 2.25. The maximum atomic E-state index is 10.6. The molecule has 1 aromatic carbocycles. The van der Waals surface area contributed by atoms with Crippen molar-refractivity contribution in [3.05, 3.63) is 27.7 Å². The summed E-state index contributed by atoms with van der Waals surface area (Å²) in [6.07, 6.45) is 1.49. The van der Waals surface area contributed by atoms with E-state index in [0.717, 1.165) is 24.2 Å². The predicted molar refractivity (Wildman–Crippen MR) is 71.9 cm³/mol. The van der Waals surface area contributed by atoms with Crippen LogP contribution in [0.4, 0.5) is 5.69 Å². The SMILES string of the molecule is CN1CCCC(O)(CN)c2cc(Cl)cc(Cl)c21. The molecule has 1 atom stereocenters. The monoisotopic (exact) mass is 274 g/mol. The van der Waals surface area contributed by atoms with Crippen molar-refractivity contribution in [2.24, 2.45) is 5.73 Å². The molecule has 0 aromatic heterocycles. The van der Waals surface area contributed by atoms with Gasteiger partial charge in [0.15, 0.2) is 0 Å². The Balaban J connectivity index is 2.67. The zero-order chi connectivity index (χ0) is 12.6. The maximum absolute atomic E-state index is 10.6. The molecule has 3 nitrogen and oxygen atoms in total. The number of anilines is 1. The number of aliphatic hydroxyl groups is 1. The molecule has 1 aliphatic heterocycles. The molecular weight excluding hydrogens is 259 g/mol. The quantitative estimate of drug-likeness (QED) is 0.827. The Hall–Kier alpha value is -0.480. The van der Waals surface area contributed by atoms with Crippen LogP contribution in [0.1, 0.15) is 18.4 Å². The van der Waals surface area contributed by atoms with Crippen molar-refractivity contribution in [1.29, 1.82) is 0 Å². The van der Waals surface area contributed by atoms with Gasteiger partial charge < -0.3 is 15.7 Å². The summed E-state index contributed by atoms with van der Waals surface area (Å²) >= 11 is 12.2. The van der Waals surface area contributed by atoms with E-state index >= 15 is 0 Å². The molecule has 1 aromatic rings. The Morgan fingerprint density at radius 3 is 2.82 bits per heavy atom. The molecule has 0 bridgehead atoms. The largest absolute Gasteiger partial charge is 0.384 e. The van der Waals surface area contributed by atoms with E-state index in [1.54, 1.807) is 12.1 Å². The van der Waals surface area contributed by atoms with Gasteiger partial charge in [-0.25, -0.2) is 0 Å².